The van der Waals surface area contributed by atoms with Gasteiger partial charge in [0.05, 0.1) is 0 Å². The Kier molecular flexibility index (Phi) is 4.43. The molecule has 0 bridgehead atoms. The molecule has 21 heavy (non-hydrogen) atoms. The number of hydrogen-bond donors (Lipinski definition) is 2. The summed E-state index contributed by atoms with van der Waals surface area (Å²) in [5.74, 6) is -1.17. The number of amides is 1. The average Bonchev–Trinajstić information content (AvgIpc) is 2.84. The fraction of sp³-hybridized carbons (Fsp3) is 0.375. The summed E-state index contributed by atoms with van der Waals surface area (Å²) in [7, 11) is 0. The number of carbonyl (C=O) groups is 2. The van der Waals surface area contributed by atoms with E-state index in [1.807, 2.05) is 19.1 Å². The van der Waals surface area contributed by atoms with Gasteiger partial charge in [0.2, 0.25) is 0 Å². The first-order chi connectivity index (χ1) is 9.89. The second kappa shape index (κ2) is 6.10. The Bertz CT molecular complexity index is 586. The van der Waals surface area contributed by atoms with E-state index in [1.165, 1.54) is 6.08 Å². The minimum Gasteiger partial charge on any atom is -0.478 e. The van der Waals surface area contributed by atoms with Gasteiger partial charge in [0.25, 0.3) is 5.91 Å². The highest BCUT2D eigenvalue weighted by Crippen LogP contribution is 2.27. The van der Waals surface area contributed by atoms with Crippen LogP contribution in [0.2, 0.25) is 0 Å². The third-order valence-corrected chi connectivity index (χ3v) is 3.48. The van der Waals surface area contributed by atoms with Gasteiger partial charge < -0.3 is 15.2 Å². The highest BCUT2D eigenvalue weighted by molar-refractivity contribution is 5.97. The van der Waals surface area contributed by atoms with Crippen LogP contribution in [0.15, 0.2) is 24.3 Å². The molecule has 1 aromatic rings. The zero-order valence-corrected chi connectivity index (χ0v) is 12.2. The fourth-order valence-electron chi connectivity index (χ4n) is 2.37. The lowest BCUT2D eigenvalue weighted by Gasteiger charge is -2.22. The van der Waals surface area contributed by atoms with Crippen LogP contribution in [0.4, 0.5) is 5.69 Å². The van der Waals surface area contributed by atoms with Gasteiger partial charge in [0, 0.05) is 18.4 Å². The number of carbonyl (C=O) groups excluding carboxylic acids is 1. The summed E-state index contributed by atoms with van der Waals surface area (Å²) >= 11 is 0. The Balaban J connectivity index is 2.16. The zero-order valence-electron chi connectivity index (χ0n) is 12.2. The molecule has 5 nitrogen and oxygen atoms in total. The van der Waals surface area contributed by atoms with Gasteiger partial charge in [-0.2, -0.15) is 0 Å². The lowest BCUT2D eigenvalue weighted by molar-refractivity contribution is -0.133. The largest absolute Gasteiger partial charge is 0.478 e. The van der Waals surface area contributed by atoms with Crippen molar-refractivity contribution < 1.29 is 19.4 Å². The van der Waals surface area contributed by atoms with Crippen LogP contribution < -0.4 is 5.32 Å². The Morgan fingerprint density at radius 2 is 2.14 bits per heavy atom. The summed E-state index contributed by atoms with van der Waals surface area (Å²) in [6.07, 6.45) is 4.15. The van der Waals surface area contributed by atoms with Crippen molar-refractivity contribution in [3.8, 4) is 0 Å². The van der Waals surface area contributed by atoms with E-state index in [9.17, 15) is 9.59 Å². The normalized spacial score (nSPS) is 21.6. The van der Waals surface area contributed by atoms with E-state index in [0.717, 1.165) is 23.6 Å². The molecule has 1 heterocycles. The van der Waals surface area contributed by atoms with Crippen molar-refractivity contribution in [2.24, 2.45) is 0 Å². The van der Waals surface area contributed by atoms with Crippen LogP contribution in [0.3, 0.4) is 0 Å². The van der Waals surface area contributed by atoms with Gasteiger partial charge in [-0.1, -0.05) is 6.07 Å². The summed E-state index contributed by atoms with van der Waals surface area (Å²) < 4.78 is 5.51. The quantitative estimate of drug-likeness (QED) is 0.835. The maximum absolute atomic E-state index is 12.3. The summed E-state index contributed by atoms with van der Waals surface area (Å²) in [5, 5.41) is 11.5. The first kappa shape index (κ1) is 15.3. The Hall–Kier alpha value is -2.14. The number of benzene rings is 1. The van der Waals surface area contributed by atoms with E-state index in [0.29, 0.717) is 18.7 Å². The van der Waals surface area contributed by atoms with Gasteiger partial charge in [0.15, 0.2) is 0 Å². The third kappa shape index (κ3) is 3.92. The highest BCUT2D eigenvalue weighted by Gasteiger charge is 2.37. The average molecular weight is 289 g/mol. The molecule has 0 aromatic heterocycles. The van der Waals surface area contributed by atoms with Crippen LogP contribution in [0.25, 0.3) is 6.08 Å². The standard InChI is InChI=1S/C16H19NO4/c1-11-8-12(4-5-14(18)19)10-13(9-11)17-15(20)16(2)6-3-7-21-16/h4-5,8-10H,3,6-7H2,1-2H3,(H,17,20)(H,18,19)/b5-4+. The Labute approximate surface area is 123 Å². The van der Waals surface area contributed by atoms with Crippen molar-refractivity contribution in [2.45, 2.75) is 32.3 Å². The molecule has 1 amide bonds. The van der Waals surface area contributed by atoms with E-state index in [2.05, 4.69) is 5.32 Å². The van der Waals surface area contributed by atoms with Crippen molar-refractivity contribution in [3.63, 3.8) is 0 Å². The molecule has 0 spiro atoms. The van der Waals surface area contributed by atoms with Crippen molar-refractivity contribution >= 4 is 23.6 Å². The molecular formula is C16H19NO4. The predicted octanol–water partition coefficient (Wildman–Crippen LogP) is 2.60. The minimum atomic E-state index is -1.01. The summed E-state index contributed by atoms with van der Waals surface area (Å²) in [4.78, 5) is 22.8. The molecule has 1 unspecified atom stereocenters. The molecule has 0 radical (unpaired) electrons. The Morgan fingerprint density at radius 1 is 1.38 bits per heavy atom. The third-order valence-electron chi connectivity index (χ3n) is 3.48. The SMILES string of the molecule is Cc1cc(/C=C/C(=O)O)cc(NC(=O)C2(C)CCCO2)c1. The summed E-state index contributed by atoms with van der Waals surface area (Å²) in [6, 6.07) is 5.43. The fourth-order valence-corrected chi connectivity index (χ4v) is 2.37. The van der Waals surface area contributed by atoms with E-state index in [-0.39, 0.29) is 5.91 Å². The molecule has 2 rings (SSSR count). The van der Waals surface area contributed by atoms with Crippen LogP contribution >= 0.6 is 0 Å². The van der Waals surface area contributed by atoms with E-state index in [4.69, 9.17) is 9.84 Å². The zero-order chi connectivity index (χ0) is 15.5. The molecule has 0 saturated carbocycles. The number of rotatable bonds is 4. The van der Waals surface area contributed by atoms with Crippen LogP contribution in [-0.4, -0.2) is 29.2 Å². The maximum Gasteiger partial charge on any atom is 0.328 e. The minimum absolute atomic E-state index is 0.168. The highest BCUT2D eigenvalue weighted by atomic mass is 16.5. The van der Waals surface area contributed by atoms with Gasteiger partial charge in [-0.05, 0) is 56.0 Å². The van der Waals surface area contributed by atoms with E-state index < -0.39 is 11.6 Å². The number of ether oxygens (including phenoxy) is 1. The molecule has 0 aliphatic carbocycles. The van der Waals surface area contributed by atoms with Gasteiger partial charge in [-0.15, -0.1) is 0 Å². The number of nitrogens with one attached hydrogen (secondary N) is 1. The van der Waals surface area contributed by atoms with E-state index in [1.54, 1.807) is 13.0 Å². The van der Waals surface area contributed by atoms with Crippen LogP contribution in [0.5, 0.6) is 0 Å². The molecule has 5 heteroatoms. The van der Waals surface area contributed by atoms with E-state index >= 15 is 0 Å². The molecule has 1 aromatic carbocycles. The molecule has 1 saturated heterocycles. The molecule has 112 valence electrons. The van der Waals surface area contributed by atoms with Gasteiger partial charge in [-0.3, -0.25) is 4.79 Å². The van der Waals surface area contributed by atoms with Crippen LogP contribution in [0.1, 0.15) is 30.9 Å². The molecular weight excluding hydrogens is 270 g/mol. The Morgan fingerprint density at radius 3 is 2.76 bits per heavy atom. The van der Waals surface area contributed by atoms with Crippen LogP contribution in [0, 0.1) is 6.92 Å². The number of hydrogen-bond acceptors (Lipinski definition) is 3. The lowest BCUT2D eigenvalue weighted by Crippen LogP contribution is -2.39. The van der Waals surface area contributed by atoms with Crippen molar-refractivity contribution in [1.82, 2.24) is 0 Å². The number of carboxylic acid groups (broad SMARTS) is 1. The number of carboxylic acids is 1. The second-order valence-electron chi connectivity index (χ2n) is 5.44. The number of aryl methyl sites for hydroxylation is 1. The number of aliphatic carboxylic acids is 1. The van der Waals surface area contributed by atoms with Gasteiger partial charge >= 0.3 is 5.97 Å². The lowest BCUT2D eigenvalue weighted by atomic mass is 10.0. The summed E-state index contributed by atoms with van der Waals surface area (Å²) in [5.41, 5.74) is 1.53. The first-order valence-electron chi connectivity index (χ1n) is 6.87. The first-order valence-corrected chi connectivity index (χ1v) is 6.87. The molecule has 1 aliphatic heterocycles. The van der Waals surface area contributed by atoms with Crippen molar-refractivity contribution in [3.05, 3.63) is 35.4 Å². The monoisotopic (exact) mass is 289 g/mol. The molecule has 1 fully saturated rings. The molecule has 1 atom stereocenters. The van der Waals surface area contributed by atoms with Crippen LogP contribution in [-0.2, 0) is 14.3 Å². The number of anilines is 1. The smallest absolute Gasteiger partial charge is 0.328 e. The molecule has 1 aliphatic rings. The maximum atomic E-state index is 12.3. The topological polar surface area (TPSA) is 75.6 Å². The van der Waals surface area contributed by atoms with Gasteiger partial charge in [-0.25, -0.2) is 4.79 Å². The van der Waals surface area contributed by atoms with Crippen molar-refractivity contribution in [2.75, 3.05) is 11.9 Å². The summed E-state index contributed by atoms with van der Waals surface area (Å²) in [6.45, 7) is 4.28. The van der Waals surface area contributed by atoms with Gasteiger partial charge in [0.1, 0.15) is 5.60 Å². The molecule has 2 N–H and O–H groups in total. The van der Waals surface area contributed by atoms with Crippen molar-refractivity contribution in [1.29, 1.82) is 0 Å². The second-order valence-corrected chi connectivity index (χ2v) is 5.44. The predicted molar refractivity (Wildman–Crippen MR) is 80.1 cm³/mol.